The van der Waals surface area contributed by atoms with Crippen molar-refractivity contribution < 1.29 is 4.74 Å². The van der Waals surface area contributed by atoms with Crippen molar-refractivity contribution in [2.45, 2.75) is 38.8 Å². The van der Waals surface area contributed by atoms with Gasteiger partial charge in [-0.2, -0.15) is 0 Å². The summed E-state index contributed by atoms with van der Waals surface area (Å²) < 4.78 is 7.72. The Labute approximate surface area is 125 Å². The van der Waals surface area contributed by atoms with Crippen LogP contribution in [-0.4, -0.2) is 27.2 Å². The average molecular weight is 289 g/mol. The molecule has 0 aliphatic rings. The number of benzene rings is 1. The van der Waals surface area contributed by atoms with Gasteiger partial charge < -0.3 is 4.74 Å². The van der Waals surface area contributed by atoms with E-state index in [0.29, 0.717) is 6.61 Å². The summed E-state index contributed by atoms with van der Waals surface area (Å²) in [6.07, 6.45) is 2.54. The van der Waals surface area contributed by atoms with Crippen molar-refractivity contribution in [2.75, 3.05) is 6.61 Å². The lowest BCUT2D eigenvalue weighted by molar-refractivity contribution is -0.0578. The number of ether oxygens (including phenoxy) is 1. The second-order valence-corrected chi connectivity index (χ2v) is 5.11. The summed E-state index contributed by atoms with van der Waals surface area (Å²) in [6.45, 7) is 6.73. The van der Waals surface area contributed by atoms with Crippen LogP contribution < -0.4 is 11.3 Å². The normalized spacial score (nSPS) is 15.6. The molecule has 1 aromatic heterocycles. The zero-order valence-electron chi connectivity index (χ0n) is 12.8. The standard InChI is InChI=1S/C15H23N5O/c1-4-15(3,21-5-2)14(18-16)13-11-17-19-20(13)12-9-7-6-8-10-12/h6-11,14,18H,4-5,16H2,1-3H3. The first kappa shape index (κ1) is 15.6. The minimum Gasteiger partial charge on any atom is -0.373 e. The second kappa shape index (κ2) is 6.80. The van der Waals surface area contributed by atoms with Crippen LogP contribution in [0.4, 0.5) is 0 Å². The van der Waals surface area contributed by atoms with E-state index in [2.05, 4.69) is 22.7 Å². The second-order valence-electron chi connectivity index (χ2n) is 5.11. The lowest BCUT2D eigenvalue weighted by atomic mass is 9.91. The summed E-state index contributed by atoms with van der Waals surface area (Å²) >= 11 is 0. The van der Waals surface area contributed by atoms with Crippen LogP contribution in [-0.2, 0) is 4.74 Å². The fourth-order valence-corrected chi connectivity index (χ4v) is 2.50. The fourth-order valence-electron chi connectivity index (χ4n) is 2.50. The Morgan fingerprint density at radius 2 is 2.05 bits per heavy atom. The van der Waals surface area contributed by atoms with E-state index in [1.165, 1.54) is 0 Å². The van der Waals surface area contributed by atoms with Crippen LogP contribution in [0.5, 0.6) is 0 Å². The minimum absolute atomic E-state index is 0.211. The molecule has 0 bridgehead atoms. The first-order chi connectivity index (χ1) is 10.2. The van der Waals surface area contributed by atoms with Gasteiger partial charge in [0.15, 0.2) is 0 Å². The molecule has 2 unspecified atom stereocenters. The minimum atomic E-state index is -0.433. The lowest BCUT2D eigenvalue weighted by Gasteiger charge is -2.36. The third-order valence-electron chi connectivity index (χ3n) is 3.83. The number of rotatable bonds is 7. The van der Waals surface area contributed by atoms with E-state index >= 15 is 0 Å². The fraction of sp³-hybridized carbons (Fsp3) is 0.467. The molecular formula is C15H23N5O. The quantitative estimate of drug-likeness (QED) is 0.602. The Hall–Kier alpha value is -1.76. The summed E-state index contributed by atoms with van der Waals surface area (Å²) in [6, 6.07) is 9.65. The van der Waals surface area contributed by atoms with Crippen LogP contribution in [0.3, 0.4) is 0 Å². The number of nitrogens with zero attached hydrogens (tertiary/aromatic N) is 3. The summed E-state index contributed by atoms with van der Waals surface area (Å²) in [7, 11) is 0. The number of nitrogens with one attached hydrogen (secondary N) is 1. The maximum absolute atomic E-state index is 5.93. The number of hydrazine groups is 1. The highest BCUT2D eigenvalue weighted by molar-refractivity contribution is 5.32. The van der Waals surface area contributed by atoms with Gasteiger partial charge >= 0.3 is 0 Å². The van der Waals surface area contributed by atoms with Crippen LogP contribution in [0.2, 0.25) is 0 Å². The zero-order valence-corrected chi connectivity index (χ0v) is 12.8. The van der Waals surface area contributed by atoms with E-state index in [0.717, 1.165) is 17.8 Å². The molecule has 2 atom stereocenters. The van der Waals surface area contributed by atoms with E-state index in [4.69, 9.17) is 10.6 Å². The molecule has 0 amide bonds. The highest BCUT2D eigenvalue weighted by Gasteiger charge is 2.36. The van der Waals surface area contributed by atoms with Gasteiger partial charge in [-0.3, -0.25) is 5.84 Å². The first-order valence-corrected chi connectivity index (χ1v) is 7.22. The molecular weight excluding hydrogens is 266 g/mol. The van der Waals surface area contributed by atoms with Crippen molar-refractivity contribution in [3.63, 3.8) is 0 Å². The number of nitrogens with two attached hydrogens (primary N) is 1. The van der Waals surface area contributed by atoms with Crippen molar-refractivity contribution in [1.82, 2.24) is 20.4 Å². The third kappa shape index (κ3) is 3.12. The van der Waals surface area contributed by atoms with Crippen molar-refractivity contribution in [3.8, 4) is 5.69 Å². The maximum Gasteiger partial charge on any atom is 0.0936 e. The predicted molar refractivity (Wildman–Crippen MR) is 81.7 cm³/mol. The lowest BCUT2D eigenvalue weighted by Crippen LogP contribution is -2.47. The first-order valence-electron chi connectivity index (χ1n) is 7.22. The Bertz CT molecular complexity index is 556. The van der Waals surface area contributed by atoms with Gasteiger partial charge in [-0.15, -0.1) is 5.10 Å². The molecule has 0 saturated heterocycles. The molecule has 6 nitrogen and oxygen atoms in total. The molecule has 1 heterocycles. The molecule has 0 aliphatic carbocycles. The molecule has 6 heteroatoms. The number of hydrogen-bond acceptors (Lipinski definition) is 5. The molecule has 2 rings (SSSR count). The van der Waals surface area contributed by atoms with E-state index in [9.17, 15) is 0 Å². The maximum atomic E-state index is 5.93. The SMILES string of the molecule is CCOC(C)(CC)C(NN)c1cnnn1-c1ccccc1. The van der Waals surface area contributed by atoms with E-state index in [1.807, 2.05) is 44.2 Å². The van der Waals surface area contributed by atoms with Crippen LogP contribution in [0.25, 0.3) is 5.69 Å². The summed E-state index contributed by atoms with van der Waals surface area (Å²) in [4.78, 5) is 0. The summed E-state index contributed by atoms with van der Waals surface area (Å²) in [5.74, 6) is 5.80. The van der Waals surface area contributed by atoms with Crippen LogP contribution >= 0.6 is 0 Å². The van der Waals surface area contributed by atoms with Gasteiger partial charge in [0.25, 0.3) is 0 Å². The molecule has 1 aromatic carbocycles. The molecule has 114 valence electrons. The van der Waals surface area contributed by atoms with Crippen LogP contribution in [0.15, 0.2) is 36.5 Å². The highest BCUT2D eigenvalue weighted by Crippen LogP contribution is 2.32. The van der Waals surface area contributed by atoms with Crippen molar-refractivity contribution >= 4 is 0 Å². The van der Waals surface area contributed by atoms with E-state index in [-0.39, 0.29) is 6.04 Å². The molecule has 0 fully saturated rings. The van der Waals surface area contributed by atoms with Gasteiger partial charge in [0.2, 0.25) is 0 Å². The molecule has 0 radical (unpaired) electrons. The molecule has 21 heavy (non-hydrogen) atoms. The third-order valence-corrected chi connectivity index (χ3v) is 3.83. The van der Waals surface area contributed by atoms with Crippen molar-refractivity contribution in [3.05, 3.63) is 42.2 Å². The van der Waals surface area contributed by atoms with Crippen molar-refractivity contribution in [1.29, 1.82) is 0 Å². The topological polar surface area (TPSA) is 78.0 Å². The average Bonchev–Trinajstić information content (AvgIpc) is 2.98. The number of para-hydroxylation sites is 1. The largest absolute Gasteiger partial charge is 0.373 e. The van der Waals surface area contributed by atoms with Gasteiger partial charge in [-0.05, 0) is 32.4 Å². The van der Waals surface area contributed by atoms with Crippen LogP contribution in [0, 0.1) is 0 Å². The Kier molecular flexibility index (Phi) is 5.06. The number of aromatic nitrogens is 3. The summed E-state index contributed by atoms with van der Waals surface area (Å²) in [5, 5.41) is 8.22. The molecule has 0 spiro atoms. The van der Waals surface area contributed by atoms with Crippen molar-refractivity contribution in [2.24, 2.45) is 5.84 Å². The smallest absolute Gasteiger partial charge is 0.0936 e. The van der Waals surface area contributed by atoms with E-state index < -0.39 is 5.60 Å². The molecule has 0 saturated carbocycles. The number of hydrogen-bond donors (Lipinski definition) is 2. The van der Waals surface area contributed by atoms with Gasteiger partial charge in [0.05, 0.1) is 29.2 Å². The molecule has 0 aliphatic heterocycles. The van der Waals surface area contributed by atoms with E-state index in [1.54, 1.807) is 10.9 Å². The molecule has 2 aromatic rings. The summed E-state index contributed by atoms with van der Waals surface area (Å²) in [5.41, 5.74) is 4.25. The van der Waals surface area contributed by atoms with Crippen LogP contribution in [0.1, 0.15) is 38.9 Å². The monoisotopic (exact) mass is 289 g/mol. The Morgan fingerprint density at radius 3 is 2.62 bits per heavy atom. The van der Waals surface area contributed by atoms with Gasteiger partial charge in [-0.25, -0.2) is 10.1 Å². The highest BCUT2D eigenvalue weighted by atomic mass is 16.5. The molecule has 3 N–H and O–H groups in total. The Morgan fingerprint density at radius 1 is 1.33 bits per heavy atom. The van der Waals surface area contributed by atoms with Gasteiger partial charge in [0.1, 0.15) is 0 Å². The van der Waals surface area contributed by atoms with Gasteiger partial charge in [0, 0.05) is 6.61 Å². The zero-order chi connectivity index (χ0) is 15.3. The predicted octanol–water partition coefficient (Wildman–Crippen LogP) is 1.98. The van der Waals surface area contributed by atoms with Gasteiger partial charge in [-0.1, -0.05) is 30.3 Å². The Balaban J connectivity index is 2.43.